The second-order valence-corrected chi connectivity index (χ2v) is 7.08. The van der Waals surface area contributed by atoms with Crippen molar-refractivity contribution in [3.63, 3.8) is 0 Å². The first kappa shape index (κ1) is 21.7. The highest BCUT2D eigenvalue weighted by Crippen LogP contribution is 2.33. The van der Waals surface area contributed by atoms with Gasteiger partial charge in [-0.05, 0) is 42.9 Å². The normalized spacial score (nSPS) is 23.7. The highest BCUT2D eigenvalue weighted by Gasteiger charge is 2.37. The number of hydrogen-bond donors (Lipinski definition) is 2. The Balaban J connectivity index is 0.00000131. The average molecular weight is 415 g/mol. The average Bonchev–Trinajstić information content (AvgIpc) is 3.29. The molecule has 1 saturated heterocycles. The lowest BCUT2D eigenvalue weighted by Gasteiger charge is -2.24. The monoisotopic (exact) mass is 414 g/mol. The fourth-order valence-electron chi connectivity index (χ4n) is 4.10. The standard InChI is InChI=1S/C19H23FN4O.2ClH/c20-15-9-13(5-6-18(15)24-8-7-21-12-24)11-22-19(25)17-10-14-3-1-2-4-16(14)23-17;;/h5-9,12,14,16-17,23H,1-4,10-11H2,(H,22,25);2*1H. The van der Waals surface area contributed by atoms with Gasteiger partial charge in [0.2, 0.25) is 5.91 Å². The molecule has 2 aromatic rings. The number of carbonyl (C=O) groups excluding carboxylic acids is 1. The Morgan fingerprint density at radius 1 is 1.30 bits per heavy atom. The molecular formula is C19H25Cl2FN4O. The molecule has 1 aliphatic heterocycles. The van der Waals surface area contributed by atoms with E-state index < -0.39 is 0 Å². The summed E-state index contributed by atoms with van der Waals surface area (Å²) in [5.74, 6) is 0.333. The highest BCUT2D eigenvalue weighted by atomic mass is 35.5. The molecule has 2 fully saturated rings. The molecule has 3 unspecified atom stereocenters. The molecule has 5 nitrogen and oxygen atoms in total. The van der Waals surface area contributed by atoms with E-state index >= 15 is 0 Å². The van der Waals surface area contributed by atoms with Gasteiger partial charge in [-0.25, -0.2) is 9.37 Å². The summed E-state index contributed by atoms with van der Waals surface area (Å²) >= 11 is 0. The van der Waals surface area contributed by atoms with Crippen molar-refractivity contribution in [1.29, 1.82) is 0 Å². The summed E-state index contributed by atoms with van der Waals surface area (Å²) < 4.78 is 15.9. The van der Waals surface area contributed by atoms with Crippen LogP contribution in [-0.2, 0) is 11.3 Å². The fraction of sp³-hybridized carbons (Fsp3) is 0.474. The lowest BCUT2D eigenvalue weighted by Crippen LogP contribution is -2.42. The van der Waals surface area contributed by atoms with Gasteiger partial charge in [0, 0.05) is 25.0 Å². The fourth-order valence-corrected chi connectivity index (χ4v) is 4.10. The van der Waals surface area contributed by atoms with Crippen LogP contribution in [0.1, 0.15) is 37.7 Å². The lowest BCUT2D eigenvalue weighted by molar-refractivity contribution is -0.123. The summed E-state index contributed by atoms with van der Waals surface area (Å²) in [6.07, 6.45) is 10.7. The Kier molecular flexibility index (Phi) is 7.65. The number of nitrogens with zero attached hydrogens (tertiary/aromatic N) is 2. The van der Waals surface area contributed by atoms with E-state index in [-0.39, 0.29) is 42.6 Å². The van der Waals surface area contributed by atoms with Gasteiger partial charge in [-0.1, -0.05) is 18.9 Å². The van der Waals surface area contributed by atoms with Gasteiger partial charge in [-0.3, -0.25) is 4.79 Å². The van der Waals surface area contributed by atoms with Crippen LogP contribution >= 0.6 is 24.8 Å². The van der Waals surface area contributed by atoms with Crippen LogP contribution in [0.3, 0.4) is 0 Å². The summed E-state index contributed by atoms with van der Waals surface area (Å²) in [6.45, 7) is 0.341. The van der Waals surface area contributed by atoms with E-state index in [0.717, 1.165) is 12.0 Å². The molecule has 8 heteroatoms. The van der Waals surface area contributed by atoms with Crippen molar-refractivity contribution in [3.05, 3.63) is 48.3 Å². The summed E-state index contributed by atoms with van der Waals surface area (Å²) in [4.78, 5) is 16.3. The van der Waals surface area contributed by atoms with E-state index in [4.69, 9.17) is 0 Å². The Hall–Kier alpha value is -1.63. The molecule has 27 heavy (non-hydrogen) atoms. The van der Waals surface area contributed by atoms with Gasteiger partial charge < -0.3 is 15.2 Å². The number of aromatic nitrogens is 2. The first-order valence-corrected chi connectivity index (χ1v) is 9.01. The van der Waals surface area contributed by atoms with Crippen LogP contribution in [0.4, 0.5) is 4.39 Å². The molecule has 4 rings (SSSR count). The summed E-state index contributed by atoms with van der Waals surface area (Å²) in [6, 6.07) is 5.40. The third-order valence-electron chi connectivity index (χ3n) is 5.44. The third kappa shape index (κ3) is 4.81. The molecule has 2 aliphatic rings. The van der Waals surface area contributed by atoms with Crippen LogP contribution < -0.4 is 10.6 Å². The largest absolute Gasteiger partial charge is 0.351 e. The van der Waals surface area contributed by atoms with E-state index in [1.165, 1.54) is 31.7 Å². The van der Waals surface area contributed by atoms with E-state index in [2.05, 4.69) is 15.6 Å². The highest BCUT2D eigenvalue weighted by molar-refractivity contribution is 5.85. The van der Waals surface area contributed by atoms with E-state index in [1.54, 1.807) is 29.4 Å². The summed E-state index contributed by atoms with van der Waals surface area (Å²) in [5.41, 5.74) is 1.21. The number of fused-ring (bicyclic) bond motifs is 1. The van der Waals surface area contributed by atoms with Gasteiger partial charge in [0.1, 0.15) is 5.82 Å². The van der Waals surface area contributed by atoms with Crippen molar-refractivity contribution in [2.45, 2.75) is 50.7 Å². The van der Waals surface area contributed by atoms with Crippen molar-refractivity contribution in [2.24, 2.45) is 5.92 Å². The number of benzene rings is 1. The maximum atomic E-state index is 14.3. The van der Waals surface area contributed by atoms with Crippen LogP contribution in [0.5, 0.6) is 0 Å². The molecule has 1 amide bonds. The maximum absolute atomic E-state index is 14.3. The predicted octanol–water partition coefficient (Wildman–Crippen LogP) is 3.39. The van der Waals surface area contributed by atoms with Crippen LogP contribution in [0.2, 0.25) is 0 Å². The van der Waals surface area contributed by atoms with Gasteiger partial charge in [-0.2, -0.15) is 0 Å². The number of nitrogens with one attached hydrogen (secondary N) is 2. The minimum absolute atomic E-state index is 0. The number of imidazole rings is 1. The van der Waals surface area contributed by atoms with E-state index in [9.17, 15) is 9.18 Å². The SMILES string of the molecule is Cl.Cl.O=C(NCc1ccc(-n2ccnc2)c(F)c1)C1CC2CCCCC2N1. The minimum atomic E-state index is -0.324. The van der Waals surface area contributed by atoms with E-state index in [1.807, 2.05) is 6.07 Å². The zero-order valence-electron chi connectivity index (χ0n) is 14.9. The molecule has 1 aromatic carbocycles. The first-order valence-electron chi connectivity index (χ1n) is 9.01. The second-order valence-electron chi connectivity index (χ2n) is 7.08. The number of amides is 1. The van der Waals surface area contributed by atoms with Gasteiger partial charge >= 0.3 is 0 Å². The van der Waals surface area contributed by atoms with Gasteiger partial charge in [0.05, 0.1) is 18.1 Å². The lowest BCUT2D eigenvalue weighted by atomic mass is 9.85. The predicted molar refractivity (Wildman–Crippen MR) is 107 cm³/mol. The molecular weight excluding hydrogens is 390 g/mol. The Morgan fingerprint density at radius 3 is 2.81 bits per heavy atom. The van der Waals surface area contributed by atoms with Crippen molar-refractivity contribution < 1.29 is 9.18 Å². The second kappa shape index (κ2) is 9.53. The van der Waals surface area contributed by atoms with Gasteiger partial charge in [0.15, 0.2) is 0 Å². The molecule has 0 spiro atoms. The number of hydrogen-bond acceptors (Lipinski definition) is 3. The minimum Gasteiger partial charge on any atom is -0.351 e. The van der Waals surface area contributed by atoms with E-state index in [0.29, 0.717) is 24.2 Å². The third-order valence-corrected chi connectivity index (χ3v) is 5.44. The van der Waals surface area contributed by atoms with Crippen LogP contribution in [0.25, 0.3) is 5.69 Å². The van der Waals surface area contributed by atoms with Gasteiger partial charge in [0.25, 0.3) is 0 Å². The molecule has 1 saturated carbocycles. The van der Waals surface area contributed by atoms with Crippen molar-refractivity contribution in [2.75, 3.05) is 0 Å². The number of rotatable bonds is 4. The molecule has 0 radical (unpaired) electrons. The molecule has 148 valence electrons. The van der Waals surface area contributed by atoms with Crippen molar-refractivity contribution in [1.82, 2.24) is 20.2 Å². The Bertz CT molecular complexity index is 742. The van der Waals surface area contributed by atoms with Crippen LogP contribution in [-0.4, -0.2) is 27.5 Å². The smallest absolute Gasteiger partial charge is 0.237 e. The topological polar surface area (TPSA) is 59.0 Å². The van der Waals surface area contributed by atoms with Crippen molar-refractivity contribution in [3.8, 4) is 5.69 Å². The molecule has 1 aliphatic carbocycles. The summed E-state index contributed by atoms with van der Waals surface area (Å²) in [7, 11) is 0. The molecule has 3 atom stereocenters. The number of halogens is 3. The molecule has 0 bridgehead atoms. The first-order chi connectivity index (χ1) is 12.2. The zero-order chi connectivity index (χ0) is 17.2. The Morgan fingerprint density at radius 2 is 2.11 bits per heavy atom. The molecule has 2 N–H and O–H groups in total. The zero-order valence-corrected chi connectivity index (χ0v) is 16.6. The number of carbonyl (C=O) groups is 1. The summed E-state index contributed by atoms with van der Waals surface area (Å²) in [5, 5.41) is 6.42. The maximum Gasteiger partial charge on any atom is 0.237 e. The van der Waals surface area contributed by atoms with Gasteiger partial charge in [-0.15, -0.1) is 24.8 Å². The van der Waals surface area contributed by atoms with Crippen LogP contribution in [0, 0.1) is 11.7 Å². The van der Waals surface area contributed by atoms with Crippen LogP contribution in [0.15, 0.2) is 36.9 Å². The Labute approximate surface area is 170 Å². The van der Waals surface area contributed by atoms with Crippen molar-refractivity contribution >= 4 is 30.7 Å². The quantitative estimate of drug-likeness (QED) is 0.805. The molecule has 2 heterocycles. The molecule has 1 aromatic heterocycles.